The maximum atomic E-state index is 12.0. The van der Waals surface area contributed by atoms with Crippen molar-refractivity contribution in [1.82, 2.24) is 9.62 Å². The van der Waals surface area contributed by atoms with Gasteiger partial charge in [-0.25, -0.2) is 8.42 Å². The maximum absolute atomic E-state index is 12.0. The Balaban J connectivity index is 2.01. The lowest BCUT2D eigenvalue weighted by atomic mass is 10.2. The van der Waals surface area contributed by atoms with E-state index < -0.39 is 10.0 Å². The van der Waals surface area contributed by atoms with Crippen molar-refractivity contribution in [2.45, 2.75) is 38.8 Å². The zero-order valence-corrected chi connectivity index (χ0v) is 10.3. The van der Waals surface area contributed by atoms with Crippen LogP contribution < -0.4 is 5.32 Å². The molecule has 2 fully saturated rings. The fourth-order valence-electron chi connectivity index (χ4n) is 2.19. The summed E-state index contributed by atoms with van der Waals surface area (Å²) in [6.45, 7) is 5.32. The lowest BCUT2D eigenvalue weighted by molar-refractivity contribution is 0.262. The molecule has 88 valence electrons. The quantitative estimate of drug-likeness (QED) is 0.766. The van der Waals surface area contributed by atoms with E-state index in [2.05, 4.69) is 5.32 Å². The number of nitrogens with one attached hydrogen (secondary N) is 1. The average molecular weight is 232 g/mol. The lowest BCUT2D eigenvalue weighted by Gasteiger charge is -2.35. The number of rotatable bonds is 3. The molecule has 15 heavy (non-hydrogen) atoms. The minimum absolute atomic E-state index is 0.266. The molecule has 1 saturated carbocycles. The first-order valence-electron chi connectivity index (χ1n) is 5.71. The fraction of sp³-hybridized carbons (Fsp3) is 1.00. The Morgan fingerprint density at radius 3 is 2.20 bits per heavy atom. The second-order valence-electron chi connectivity index (χ2n) is 5.01. The van der Waals surface area contributed by atoms with E-state index in [1.165, 1.54) is 0 Å². The van der Waals surface area contributed by atoms with E-state index in [1.54, 1.807) is 4.31 Å². The van der Waals surface area contributed by atoms with Crippen LogP contribution in [0.2, 0.25) is 0 Å². The van der Waals surface area contributed by atoms with Gasteiger partial charge in [-0.1, -0.05) is 0 Å². The van der Waals surface area contributed by atoms with Crippen LogP contribution in [-0.2, 0) is 10.0 Å². The number of piperazine rings is 1. The molecule has 2 aliphatic rings. The Hall–Kier alpha value is -0.130. The molecule has 0 bridgehead atoms. The summed E-state index contributed by atoms with van der Waals surface area (Å²) in [6.07, 6.45) is 2.19. The van der Waals surface area contributed by atoms with Gasteiger partial charge in [0.15, 0.2) is 0 Å². The van der Waals surface area contributed by atoms with E-state index in [9.17, 15) is 8.42 Å². The smallest absolute Gasteiger partial charge is 0.214 e. The Kier molecular flexibility index (Phi) is 3.05. The van der Waals surface area contributed by atoms with Gasteiger partial charge in [0.1, 0.15) is 0 Å². The number of sulfonamides is 1. The predicted molar refractivity (Wildman–Crippen MR) is 60.1 cm³/mol. The number of hydrogen-bond donors (Lipinski definition) is 1. The SMILES string of the molecule is CC1CN(S(=O)(=O)CC2CC2)CC(C)N1. The summed E-state index contributed by atoms with van der Waals surface area (Å²) in [5.74, 6) is 0.808. The van der Waals surface area contributed by atoms with Crippen molar-refractivity contribution in [1.29, 1.82) is 0 Å². The summed E-state index contributed by atoms with van der Waals surface area (Å²) in [5, 5.41) is 3.34. The normalized spacial score (nSPS) is 34.3. The largest absolute Gasteiger partial charge is 0.309 e. The van der Waals surface area contributed by atoms with E-state index in [0.717, 1.165) is 12.8 Å². The summed E-state index contributed by atoms with van der Waals surface area (Å²) >= 11 is 0. The summed E-state index contributed by atoms with van der Waals surface area (Å²) in [5.41, 5.74) is 0. The van der Waals surface area contributed by atoms with Crippen LogP contribution in [0.1, 0.15) is 26.7 Å². The van der Waals surface area contributed by atoms with Gasteiger partial charge in [-0.15, -0.1) is 0 Å². The van der Waals surface area contributed by atoms with Crippen molar-refractivity contribution in [2.75, 3.05) is 18.8 Å². The summed E-state index contributed by atoms with van der Waals surface area (Å²) in [6, 6.07) is 0.533. The minimum Gasteiger partial charge on any atom is -0.309 e. The third-order valence-corrected chi connectivity index (χ3v) is 5.04. The first-order chi connectivity index (χ1) is 6.97. The molecule has 1 heterocycles. The standard InChI is InChI=1S/C10H20N2O2S/c1-8-5-12(6-9(2)11-8)15(13,14)7-10-3-4-10/h8-11H,3-7H2,1-2H3. The summed E-state index contributed by atoms with van der Waals surface area (Å²) in [4.78, 5) is 0. The highest BCUT2D eigenvalue weighted by Crippen LogP contribution is 2.31. The number of hydrogen-bond acceptors (Lipinski definition) is 3. The van der Waals surface area contributed by atoms with Crippen molar-refractivity contribution < 1.29 is 8.42 Å². The fourth-order valence-corrected chi connectivity index (χ4v) is 4.23. The van der Waals surface area contributed by atoms with Crippen LogP contribution in [-0.4, -0.2) is 43.6 Å². The van der Waals surface area contributed by atoms with Gasteiger partial charge in [-0.05, 0) is 32.6 Å². The topological polar surface area (TPSA) is 49.4 Å². The predicted octanol–water partition coefficient (Wildman–Crippen LogP) is 0.408. The van der Waals surface area contributed by atoms with Gasteiger partial charge >= 0.3 is 0 Å². The van der Waals surface area contributed by atoms with E-state index in [1.807, 2.05) is 13.8 Å². The third-order valence-electron chi connectivity index (χ3n) is 3.06. The Morgan fingerprint density at radius 1 is 1.20 bits per heavy atom. The van der Waals surface area contributed by atoms with E-state index in [4.69, 9.17) is 0 Å². The first-order valence-corrected chi connectivity index (χ1v) is 7.32. The highest BCUT2D eigenvalue weighted by atomic mass is 32.2. The molecule has 0 amide bonds. The van der Waals surface area contributed by atoms with Gasteiger partial charge in [-0.2, -0.15) is 4.31 Å². The van der Waals surface area contributed by atoms with Crippen molar-refractivity contribution >= 4 is 10.0 Å². The molecule has 1 saturated heterocycles. The molecule has 1 N–H and O–H groups in total. The molecular weight excluding hydrogens is 212 g/mol. The molecular formula is C10H20N2O2S. The number of nitrogens with zero attached hydrogens (tertiary/aromatic N) is 1. The molecule has 0 spiro atoms. The molecule has 0 aromatic heterocycles. The van der Waals surface area contributed by atoms with Gasteiger partial charge in [-0.3, -0.25) is 0 Å². The molecule has 5 heteroatoms. The van der Waals surface area contributed by atoms with Crippen LogP contribution in [0.3, 0.4) is 0 Å². The van der Waals surface area contributed by atoms with E-state index >= 15 is 0 Å². The van der Waals surface area contributed by atoms with Crippen molar-refractivity contribution in [3.63, 3.8) is 0 Å². The zero-order valence-electron chi connectivity index (χ0n) is 9.44. The molecule has 2 atom stereocenters. The highest BCUT2D eigenvalue weighted by Gasteiger charge is 2.34. The average Bonchev–Trinajstić information content (AvgIpc) is 2.85. The van der Waals surface area contributed by atoms with Gasteiger partial charge in [0.25, 0.3) is 0 Å². The van der Waals surface area contributed by atoms with Gasteiger partial charge in [0.05, 0.1) is 5.75 Å². The molecule has 4 nitrogen and oxygen atoms in total. The molecule has 2 rings (SSSR count). The monoisotopic (exact) mass is 232 g/mol. The molecule has 2 unspecified atom stereocenters. The molecule has 0 aromatic rings. The van der Waals surface area contributed by atoms with E-state index in [0.29, 0.717) is 24.8 Å². The Morgan fingerprint density at radius 2 is 1.73 bits per heavy atom. The van der Waals surface area contributed by atoms with Crippen LogP contribution in [0.15, 0.2) is 0 Å². The highest BCUT2D eigenvalue weighted by molar-refractivity contribution is 7.89. The lowest BCUT2D eigenvalue weighted by Crippen LogP contribution is -2.56. The van der Waals surface area contributed by atoms with Gasteiger partial charge in [0.2, 0.25) is 10.0 Å². The second-order valence-corrected chi connectivity index (χ2v) is 7.02. The van der Waals surface area contributed by atoms with Crippen molar-refractivity contribution in [2.24, 2.45) is 5.92 Å². The van der Waals surface area contributed by atoms with E-state index in [-0.39, 0.29) is 12.1 Å². The summed E-state index contributed by atoms with van der Waals surface area (Å²) < 4.78 is 25.7. The zero-order chi connectivity index (χ0) is 11.1. The Bertz CT molecular complexity index is 314. The molecule has 1 aliphatic heterocycles. The van der Waals surface area contributed by atoms with Crippen LogP contribution in [0.25, 0.3) is 0 Å². The van der Waals surface area contributed by atoms with Gasteiger partial charge in [0, 0.05) is 25.2 Å². The Labute approximate surface area is 92.1 Å². The van der Waals surface area contributed by atoms with Crippen LogP contribution in [0, 0.1) is 5.92 Å². The molecule has 1 aliphatic carbocycles. The summed E-state index contributed by atoms with van der Waals surface area (Å²) in [7, 11) is -2.99. The third kappa shape index (κ3) is 2.92. The van der Waals surface area contributed by atoms with Crippen LogP contribution >= 0.6 is 0 Å². The maximum Gasteiger partial charge on any atom is 0.214 e. The van der Waals surface area contributed by atoms with Crippen LogP contribution in [0.4, 0.5) is 0 Å². The first kappa shape index (κ1) is 11.4. The second kappa shape index (κ2) is 4.03. The molecule has 0 aromatic carbocycles. The van der Waals surface area contributed by atoms with Gasteiger partial charge < -0.3 is 5.32 Å². The molecule has 0 radical (unpaired) electrons. The van der Waals surface area contributed by atoms with Crippen LogP contribution in [0.5, 0.6) is 0 Å². The van der Waals surface area contributed by atoms with Crippen molar-refractivity contribution in [3.8, 4) is 0 Å². The van der Waals surface area contributed by atoms with Crippen molar-refractivity contribution in [3.05, 3.63) is 0 Å². The minimum atomic E-state index is -2.99.